The fourth-order valence-corrected chi connectivity index (χ4v) is 11.3. The summed E-state index contributed by atoms with van der Waals surface area (Å²) in [6.07, 6.45) is 0. The number of para-hydroxylation sites is 1. The lowest BCUT2D eigenvalue weighted by Gasteiger charge is -2.31. The summed E-state index contributed by atoms with van der Waals surface area (Å²) in [6.45, 7) is 19.3. The van der Waals surface area contributed by atoms with Gasteiger partial charge in [-0.05, 0) is 93.7 Å². The fourth-order valence-electron chi connectivity index (χ4n) is 8.93. The molecule has 2 nitrogen and oxygen atoms in total. The van der Waals surface area contributed by atoms with Crippen molar-refractivity contribution in [2.45, 2.75) is 58.5 Å². The molecule has 1 aliphatic carbocycles. The zero-order valence-corrected chi connectivity index (χ0v) is 36.6. The molecule has 1 aliphatic rings. The molecule has 0 heterocycles. The summed E-state index contributed by atoms with van der Waals surface area (Å²) in [5.74, 6) is 0. The molecule has 0 saturated heterocycles. The second-order valence-corrected chi connectivity index (χ2v) is 28.5. The summed E-state index contributed by atoms with van der Waals surface area (Å²) in [5.41, 5.74) is 12.2. The maximum absolute atomic E-state index is 2.52. The van der Waals surface area contributed by atoms with Crippen LogP contribution < -0.4 is 20.2 Å². The van der Waals surface area contributed by atoms with Crippen LogP contribution in [0.5, 0.6) is 0 Å². The lowest BCUT2D eigenvalue weighted by atomic mass is 9.81. The van der Waals surface area contributed by atoms with Gasteiger partial charge in [0.15, 0.2) is 0 Å². The Morgan fingerprint density at radius 3 is 1.53 bits per heavy atom. The van der Waals surface area contributed by atoms with Crippen LogP contribution >= 0.6 is 0 Å². The van der Waals surface area contributed by atoms with Crippen LogP contribution in [-0.4, -0.2) is 16.1 Å². The number of nitrogens with zero attached hydrogens (tertiary/aromatic N) is 2. The van der Waals surface area contributed by atoms with E-state index in [2.05, 4.69) is 233 Å². The minimum absolute atomic E-state index is 0.254. The van der Waals surface area contributed by atoms with Crippen LogP contribution in [-0.2, 0) is 5.41 Å². The summed E-state index contributed by atoms with van der Waals surface area (Å²) in [7, 11) is -2.94. The van der Waals surface area contributed by atoms with Gasteiger partial charge in [-0.15, -0.1) is 0 Å². The van der Waals surface area contributed by atoms with Gasteiger partial charge in [0, 0.05) is 38.9 Å². The number of hydrogen-bond donors (Lipinski definition) is 0. The Balaban J connectivity index is 1.25. The van der Waals surface area contributed by atoms with Gasteiger partial charge >= 0.3 is 0 Å². The van der Waals surface area contributed by atoms with Crippen molar-refractivity contribution in [2.24, 2.45) is 0 Å². The number of benzene rings is 8. The molecule has 8 aromatic rings. The monoisotopic (exact) mass is 772 g/mol. The number of fused-ring (bicyclic) bond motifs is 6. The highest BCUT2D eigenvalue weighted by Gasteiger charge is 2.39. The Kier molecular flexibility index (Phi) is 8.91. The molecule has 0 atom stereocenters. The van der Waals surface area contributed by atoms with Gasteiger partial charge < -0.3 is 9.80 Å². The second-order valence-electron chi connectivity index (χ2n) is 18.3. The molecular formula is C53H52N2Si2. The van der Waals surface area contributed by atoms with Crippen LogP contribution in [0.2, 0.25) is 39.3 Å². The highest BCUT2D eigenvalue weighted by molar-refractivity contribution is 6.89. The van der Waals surface area contributed by atoms with E-state index in [4.69, 9.17) is 0 Å². The SMILES string of the molecule is CC1(C)c2cc(N(c3ccccc3)c3ccc([Si](C)(C)C)cc3)ccc2-c2c1cc(N(c1ccc([Si](C)(C)C)cc1)c1cccc3ccccc13)c1ccccc21. The number of hydrogen-bond acceptors (Lipinski definition) is 2. The van der Waals surface area contributed by atoms with Crippen LogP contribution in [0.4, 0.5) is 34.1 Å². The van der Waals surface area contributed by atoms with Crippen molar-refractivity contribution in [3.63, 3.8) is 0 Å². The van der Waals surface area contributed by atoms with E-state index in [1.807, 2.05) is 0 Å². The summed E-state index contributed by atoms with van der Waals surface area (Å²) < 4.78 is 0. The molecule has 0 saturated carbocycles. The lowest BCUT2D eigenvalue weighted by molar-refractivity contribution is 0.661. The number of anilines is 6. The normalized spacial score (nSPS) is 13.4. The Bertz CT molecular complexity index is 2770. The minimum Gasteiger partial charge on any atom is -0.310 e. The highest BCUT2D eigenvalue weighted by Crippen LogP contribution is 2.56. The molecule has 0 aromatic heterocycles. The molecule has 282 valence electrons. The third-order valence-electron chi connectivity index (χ3n) is 12.1. The first-order valence-electron chi connectivity index (χ1n) is 20.4. The average molecular weight is 773 g/mol. The Morgan fingerprint density at radius 2 is 0.895 bits per heavy atom. The average Bonchev–Trinajstić information content (AvgIpc) is 3.43. The zero-order valence-electron chi connectivity index (χ0n) is 34.6. The van der Waals surface area contributed by atoms with Crippen LogP contribution in [0.1, 0.15) is 25.0 Å². The summed E-state index contributed by atoms with van der Waals surface area (Å²) in [4.78, 5) is 4.94. The molecule has 0 unspecified atom stereocenters. The first-order valence-corrected chi connectivity index (χ1v) is 27.4. The second kappa shape index (κ2) is 13.8. The van der Waals surface area contributed by atoms with Gasteiger partial charge in [-0.3, -0.25) is 0 Å². The molecule has 0 aliphatic heterocycles. The van der Waals surface area contributed by atoms with Crippen molar-refractivity contribution >= 4 is 82.2 Å². The summed E-state index contributed by atoms with van der Waals surface area (Å²) in [6, 6.07) is 63.8. The third kappa shape index (κ3) is 6.41. The first kappa shape index (κ1) is 36.9. The summed E-state index contributed by atoms with van der Waals surface area (Å²) in [5, 5.41) is 7.95. The van der Waals surface area contributed by atoms with Gasteiger partial charge in [0.25, 0.3) is 0 Å². The van der Waals surface area contributed by atoms with E-state index in [-0.39, 0.29) is 5.41 Å². The van der Waals surface area contributed by atoms with Crippen molar-refractivity contribution in [2.75, 3.05) is 9.80 Å². The topological polar surface area (TPSA) is 6.48 Å². The van der Waals surface area contributed by atoms with E-state index in [9.17, 15) is 0 Å². The van der Waals surface area contributed by atoms with Crippen molar-refractivity contribution in [3.8, 4) is 11.1 Å². The van der Waals surface area contributed by atoms with E-state index >= 15 is 0 Å². The molecule has 0 fully saturated rings. The van der Waals surface area contributed by atoms with E-state index in [1.165, 1.54) is 82.6 Å². The van der Waals surface area contributed by atoms with Crippen molar-refractivity contribution in [1.82, 2.24) is 0 Å². The molecule has 8 aromatic carbocycles. The van der Waals surface area contributed by atoms with Crippen LogP contribution in [0.15, 0.2) is 170 Å². The molecule has 57 heavy (non-hydrogen) atoms. The smallest absolute Gasteiger partial charge is 0.0775 e. The Morgan fingerprint density at radius 1 is 0.386 bits per heavy atom. The number of rotatable bonds is 8. The largest absolute Gasteiger partial charge is 0.310 e. The highest BCUT2D eigenvalue weighted by atomic mass is 28.3. The van der Waals surface area contributed by atoms with Gasteiger partial charge in [-0.1, -0.05) is 173 Å². The van der Waals surface area contributed by atoms with Gasteiger partial charge in [0.2, 0.25) is 0 Å². The fraction of sp³-hybridized carbons (Fsp3) is 0.170. The molecule has 0 amide bonds. The molecular weight excluding hydrogens is 721 g/mol. The first-order chi connectivity index (χ1) is 27.3. The summed E-state index contributed by atoms with van der Waals surface area (Å²) >= 11 is 0. The molecule has 4 heteroatoms. The maximum atomic E-state index is 2.52. The Hall–Kier alpha value is -5.69. The van der Waals surface area contributed by atoms with Crippen LogP contribution in [0.25, 0.3) is 32.7 Å². The molecule has 0 N–H and O–H groups in total. The quantitative estimate of drug-likeness (QED) is 0.142. The zero-order chi connectivity index (χ0) is 39.7. The third-order valence-corrected chi connectivity index (χ3v) is 16.3. The van der Waals surface area contributed by atoms with Crippen LogP contribution in [0, 0.1) is 0 Å². The van der Waals surface area contributed by atoms with E-state index in [0.29, 0.717) is 0 Å². The van der Waals surface area contributed by atoms with Gasteiger partial charge in [0.05, 0.1) is 27.5 Å². The van der Waals surface area contributed by atoms with E-state index in [1.54, 1.807) is 0 Å². The van der Waals surface area contributed by atoms with Crippen LogP contribution in [0.3, 0.4) is 0 Å². The van der Waals surface area contributed by atoms with E-state index < -0.39 is 16.1 Å². The van der Waals surface area contributed by atoms with Crippen molar-refractivity contribution in [1.29, 1.82) is 0 Å². The molecule has 0 bridgehead atoms. The molecule has 9 rings (SSSR count). The van der Waals surface area contributed by atoms with Crippen molar-refractivity contribution < 1.29 is 0 Å². The van der Waals surface area contributed by atoms with Gasteiger partial charge in [0.1, 0.15) is 0 Å². The molecule has 0 spiro atoms. The van der Waals surface area contributed by atoms with Gasteiger partial charge in [-0.2, -0.15) is 0 Å². The standard InChI is InChI=1S/C53H52N2Si2/c1-53(2)48-35-41(54(38-19-10-9-11-20-38)39-25-30-42(31-26-39)56(3,4)5)29-34-47(48)52-46-23-15-14-22-45(46)51(36-49(52)53)55(40-27-32-43(33-28-40)57(6,7)8)50-24-16-18-37-17-12-13-21-44(37)50/h9-36H,1-8H3. The Labute approximate surface area is 341 Å². The maximum Gasteiger partial charge on any atom is 0.0775 e. The predicted molar refractivity (Wildman–Crippen MR) is 254 cm³/mol. The lowest BCUT2D eigenvalue weighted by Crippen LogP contribution is -2.37. The predicted octanol–water partition coefficient (Wildman–Crippen LogP) is 14.3. The van der Waals surface area contributed by atoms with Crippen molar-refractivity contribution in [3.05, 3.63) is 181 Å². The van der Waals surface area contributed by atoms with Gasteiger partial charge in [-0.25, -0.2) is 0 Å². The minimum atomic E-state index is -1.49. The van der Waals surface area contributed by atoms with E-state index in [0.717, 1.165) is 5.69 Å². The molecule has 0 radical (unpaired) electrons.